The second kappa shape index (κ2) is 6.45. The molecular weight excluding hydrogens is 348 g/mol. The minimum atomic E-state index is -3.74. The van der Waals surface area contributed by atoms with Gasteiger partial charge in [-0.2, -0.15) is 0 Å². The van der Waals surface area contributed by atoms with Crippen LogP contribution in [0.2, 0.25) is 5.02 Å². The van der Waals surface area contributed by atoms with E-state index in [1.54, 1.807) is 41.3 Å². The van der Waals surface area contributed by atoms with Crippen LogP contribution in [0.5, 0.6) is 0 Å². The van der Waals surface area contributed by atoms with Gasteiger partial charge >= 0.3 is 0 Å². The predicted octanol–water partition coefficient (Wildman–Crippen LogP) is 3.05. The molecule has 2 aromatic rings. The molecule has 0 radical (unpaired) electrons. The van der Waals surface area contributed by atoms with Crippen molar-refractivity contribution in [3.63, 3.8) is 0 Å². The molecule has 1 amide bonds. The number of carbonyl (C=O) groups excluding carboxylic acids is 1. The molecule has 0 saturated carbocycles. The van der Waals surface area contributed by atoms with Gasteiger partial charge in [-0.25, -0.2) is 8.42 Å². The molecule has 1 aliphatic heterocycles. The summed E-state index contributed by atoms with van der Waals surface area (Å²) in [5, 5.41) is 0.335. The fourth-order valence-electron chi connectivity index (χ4n) is 2.72. The van der Waals surface area contributed by atoms with Gasteiger partial charge in [-0.3, -0.25) is 9.52 Å². The Morgan fingerprint density at radius 2 is 1.92 bits per heavy atom. The van der Waals surface area contributed by atoms with E-state index >= 15 is 0 Å². The number of benzene rings is 2. The molecule has 0 saturated heterocycles. The zero-order valence-electron chi connectivity index (χ0n) is 13.1. The van der Waals surface area contributed by atoms with Crippen molar-refractivity contribution in [3.05, 3.63) is 58.6 Å². The first kappa shape index (κ1) is 16.8. The number of carbonyl (C=O) groups is 1. The first-order valence-electron chi connectivity index (χ1n) is 7.51. The molecule has 0 atom stereocenters. The number of sulfonamides is 1. The van der Waals surface area contributed by atoms with E-state index in [1.807, 2.05) is 6.07 Å². The standard InChI is InChI=1S/C17H17ClN2O3S/c1-12(21)20-9-8-13-6-7-15(10-14(13)11-20)24(22,23)19-17-5-3-2-4-16(17)18/h2-7,10,19H,8-9,11H2,1H3. The van der Waals surface area contributed by atoms with Crippen LogP contribution in [0.3, 0.4) is 0 Å². The maximum absolute atomic E-state index is 12.6. The first-order valence-corrected chi connectivity index (χ1v) is 9.37. The number of halogens is 1. The summed E-state index contributed by atoms with van der Waals surface area (Å²) in [6.45, 7) is 2.61. The van der Waals surface area contributed by atoms with E-state index in [1.165, 1.54) is 6.92 Å². The SMILES string of the molecule is CC(=O)N1CCc2ccc(S(=O)(=O)Nc3ccccc3Cl)cc2C1. The highest BCUT2D eigenvalue weighted by molar-refractivity contribution is 7.92. The summed E-state index contributed by atoms with van der Waals surface area (Å²) < 4.78 is 27.7. The third-order valence-corrected chi connectivity index (χ3v) is 5.76. The monoisotopic (exact) mass is 364 g/mol. The molecular formula is C17H17ClN2O3S. The fraction of sp³-hybridized carbons (Fsp3) is 0.235. The Balaban J connectivity index is 1.91. The largest absolute Gasteiger partial charge is 0.338 e. The molecule has 2 aromatic carbocycles. The molecule has 1 heterocycles. The summed E-state index contributed by atoms with van der Waals surface area (Å²) in [6.07, 6.45) is 0.729. The Labute approximate surface area is 146 Å². The van der Waals surface area contributed by atoms with E-state index in [0.717, 1.165) is 17.5 Å². The zero-order valence-corrected chi connectivity index (χ0v) is 14.7. The molecule has 126 valence electrons. The Bertz CT molecular complexity index is 896. The third-order valence-electron chi connectivity index (χ3n) is 4.06. The Hall–Kier alpha value is -2.05. The van der Waals surface area contributed by atoms with E-state index in [4.69, 9.17) is 11.6 Å². The molecule has 3 rings (SSSR count). The maximum Gasteiger partial charge on any atom is 0.261 e. The van der Waals surface area contributed by atoms with Crippen LogP contribution in [-0.4, -0.2) is 25.8 Å². The zero-order chi connectivity index (χ0) is 17.3. The van der Waals surface area contributed by atoms with Crippen LogP contribution >= 0.6 is 11.6 Å². The summed E-state index contributed by atoms with van der Waals surface area (Å²) in [6, 6.07) is 11.7. The van der Waals surface area contributed by atoms with Crippen LogP contribution in [0.25, 0.3) is 0 Å². The van der Waals surface area contributed by atoms with Gasteiger partial charge < -0.3 is 4.90 Å². The quantitative estimate of drug-likeness (QED) is 0.910. The van der Waals surface area contributed by atoms with Crippen molar-refractivity contribution in [2.24, 2.45) is 0 Å². The Morgan fingerprint density at radius 3 is 2.62 bits per heavy atom. The lowest BCUT2D eigenvalue weighted by molar-refractivity contribution is -0.129. The fourth-order valence-corrected chi connectivity index (χ4v) is 4.09. The molecule has 0 aliphatic carbocycles. The van der Waals surface area contributed by atoms with E-state index in [0.29, 0.717) is 23.8 Å². The number of anilines is 1. The van der Waals surface area contributed by atoms with Gasteiger partial charge in [0.15, 0.2) is 0 Å². The third kappa shape index (κ3) is 3.39. The summed E-state index contributed by atoms with van der Waals surface area (Å²) in [4.78, 5) is 13.4. The molecule has 5 nitrogen and oxygen atoms in total. The lowest BCUT2D eigenvalue weighted by Gasteiger charge is -2.28. The topological polar surface area (TPSA) is 66.5 Å². The van der Waals surface area contributed by atoms with Gasteiger partial charge in [0.2, 0.25) is 5.91 Å². The van der Waals surface area contributed by atoms with Crippen LogP contribution in [-0.2, 0) is 27.8 Å². The highest BCUT2D eigenvalue weighted by atomic mass is 35.5. The average Bonchev–Trinajstić information content (AvgIpc) is 2.55. The lowest BCUT2D eigenvalue weighted by Crippen LogP contribution is -2.34. The second-order valence-corrected chi connectivity index (χ2v) is 7.80. The highest BCUT2D eigenvalue weighted by Crippen LogP contribution is 2.26. The number of para-hydroxylation sites is 1. The van der Waals surface area contributed by atoms with Crippen LogP contribution in [0, 0.1) is 0 Å². The van der Waals surface area contributed by atoms with E-state index in [-0.39, 0.29) is 10.8 Å². The molecule has 0 spiro atoms. The Kier molecular flexibility index (Phi) is 4.51. The van der Waals surface area contributed by atoms with Crippen LogP contribution in [0.1, 0.15) is 18.1 Å². The van der Waals surface area contributed by atoms with Crippen LogP contribution in [0.15, 0.2) is 47.4 Å². The van der Waals surface area contributed by atoms with Crippen molar-refractivity contribution < 1.29 is 13.2 Å². The first-order chi connectivity index (χ1) is 11.4. The van der Waals surface area contributed by atoms with Gasteiger partial charge in [0.05, 0.1) is 15.6 Å². The van der Waals surface area contributed by atoms with Crippen molar-refractivity contribution in [1.29, 1.82) is 0 Å². The van der Waals surface area contributed by atoms with Crippen LogP contribution < -0.4 is 4.72 Å². The number of hydrogen-bond donors (Lipinski definition) is 1. The normalized spacial score (nSPS) is 14.2. The summed E-state index contributed by atoms with van der Waals surface area (Å²) in [7, 11) is -3.74. The lowest BCUT2D eigenvalue weighted by atomic mass is 10.00. The van der Waals surface area contributed by atoms with Crippen molar-refractivity contribution in [3.8, 4) is 0 Å². The number of hydrogen-bond acceptors (Lipinski definition) is 3. The van der Waals surface area contributed by atoms with Gasteiger partial charge in [0.25, 0.3) is 10.0 Å². The van der Waals surface area contributed by atoms with E-state index in [2.05, 4.69) is 4.72 Å². The van der Waals surface area contributed by atoms with Crippen molar-refractivity contribution >= 4 is 33.2 Å². The maximum atomic E-state index is 12.6. The molecule has 0 aromatic heterocycles. The number of rotatable bonds is 3. The molecule has 0 unspecified atom stereocenters. The van der Waals surface area contributed by atoms with Crippen molar-refractivity contribution in [2.75, 3.05) is 11.3 Å². The number of nitrogens with zero attached hydrogens (tertiary/aromatic N) is 1. The number of fused-ring (bicyclic) bond motifs is 1. The summed E-state index contributed by atoms with van der Waals surface area (Å²) in [5.41, 5.74) is 2.27. The van der Waals surface area contributed by atoms with E-state index in [9.17, 15) is 13.2 Å². The van der Waals surface area contributed by atoms with Gasteiger partial charge in [-0.1, -0.05) is 29.8 Å². The number of amides is 1. The molecule has 24 heavy (non-hydrogen) atoms. The van der Waals surface area contributed by atoms with Gasteiger partial charge in [0, 0.05) is 20.0 Å². The minimum absolute atomic E-state index is 0.0110. The Morgan fingerprint density at radius 1 is 1.17 bits per heavy atom. The molecule has 0 bridgehead atoms. The molecule has 0 fully saturated rings. The van der Waals surface area contributed by atoms with Gasteiger partial charge in [-0.05, 0) is 41.8 Å². The van der Waals surface area contributed by atoms with Gasteiger partial charge in [0.1, 0.15) is 0 Å². The molecule has 1 aliphatic rings. The second-order valence-electron chi connectivity index (χ2n) is 5.71. The highest BCUT2D eigenvalue weighted by Gasteiger charge is 2.22. The summed E-state index contributed by atoms with van der Waals surface area (Å²) in [5.74, 6) is -0.0110. The van der Waals surface area contributed by atoms with Crippen LogP contribution in [0.4, 0.5) is 5.69 Å². The molecule has 1 N–H and O–H groups in total. The smallest absolute Gasteiger partial charge is 0.261 e. The average molecular weight is 365 g/mol. The van der Waals surface area contributed by atoms with Crippen molar-refractivity contribution in [2.45, 2.75) is 24.8 Å². The predicted molar refractivity (Wildman–Crippen MR) is 93.5 cm³/mol. The number of nitrogens with one attached hydrogen (secondary N) is 1. The van der Waals surface area contributed by atoms with E-state index < -0.39 is 10.0 Å². The minimum Gasteiger partial charge on any atom is -0.338 e. The molecule has 7 heteroatoms. The summed E-state index contributed by atoms with van der Waals surface area (Å²) >= 11 is 6.02. The van der Waals surface area contributed by atoms with Crippen molar-refractivity contribution in [1.82, 2.24) is 4.90 Å². The van der Waals surface area contributed by atoms with Gasteiger partial charge in [-0.15, -0.1) is 0 Å².